The average Bonchev–Trinajstić information content (AvgIpc) is 2.20. The van der Waals surface area contributed by atoms with Crippen LogP contribution in [-0.4, -0.2) is 29.0 Å². The lowest BCUT2D eigenvalue weighted by molar-refractivity contribution is -0.140. The molecule has 1 aromatic heterocycles. The number of carbonyl (C=O) groups is 1. The highest BCUT2D eigenvalue weighted by Gasteiger charge is 2.01. The molecular formula is C10H12N2O3. The van der Waals surface area contributed by atoms with E-state index in [0.717, 1.165) is 5.56 Å². The lowest BCUT2D eigenvalue weighted by Gasteiger charge is -2.04. The van der Waals surface area contributed by atoms with Gasteiger partial charge in [-0.3, -0.25) is 9.78 Å². The largest absolute Gasteiger partial charge is 0.466 e. The van der Waals surface area contributed by atoms with Gasteiger partial charge in [0, 0.05) is 19.5 Å². The van der Waals surface area contributed by atoms with Crippen LogP contribution in [0, 0.1) is 0 Å². The number of aromatic nitrogens is 1. The lowest BCUT2D eigenvalue weighted by Crippen LogP contribution is -2.05. The summed E-state index contributed by atoms with van der Waals surface area (Å²) in [4.78, 5) is 14.6. The van der Waals surface area contributed by atoms with Crippen LogP contribution < -0.4 is 0 Å². The van der Waals surface area contributed by atoms with Gasteiger partial charge in [-0.15, -0.1) is 0 Å². The van der Waals surface area contributed by atoms with Gasteiger partial charge in [-0.1, -0.05) is 11.2 Å². The van der Waals surface area contributed by atoms with Crippen LogP contribution in [0.2, 0.25) is 0 Å². The first kappa shape index (κ1) is 11.2. The van der Waals surface area contributed by atoms with Crippen LogP contribution in [0.5, 0.6) is 0 Å². The van der Waals surface area contributed by atoms with E-state index in [1.165, 1.54) is 13.1 Å². The molecule has 1 heterocycles. The van der Waals surface area contributed by atoms with E-state index in [1.54, 1.807) is 12.3 Å². The third-order valence-corrected chi connectivity index (χ3v) is 1.78. The normalized spacial score (nSPS) is 10.5. The number of hydrogen-bond donors (Lipinski definition) is 1. The predicted octanol–water partition coefficient (Wildman–Crippen LogP) is 0.995. The Hall–Kier alpha value is -1.91. The average molecular weight is 208 g/mol. The fourth-order valence-electron chi connectivity index (χ4n) is 1.14. The van der Waals surface area contributed by atoms with Gasteiger partial charge in [-0.25, -0.2) is 0 Å². The third-order valence-electron chi connectivity index (χ3n) is 1.78. The Morgan fingerprint density at radius 1 is 1.73 bits per heavy atom. The minimum absolute atomic E-state index is 0.299. The van der Waals surface area contributed by atoms with Crippen molar-refractivity contribution in [2.24, 2.45) is 5.16 Å². The second kappa shape index (κ2) is 5.74. The van der Waals surface area contributed by atoms with Crippen molar-refractivity contribution in [2.75, 3.05) is 6.61 Å². The van der Waals surface area contributed by atoms with E-state index in [1.807, 2.05) is 6.07 Å². The highest BCUT2D eigenvalue weighted by Crippen LogP contribution is 2.04. The number of hydrogen-bond acceptors (Lipinski definition) is 5. The molecule has 0 radical (unpaired) electrons. The van der Waals surface area contributed by atoms with E-state index in [0.29, 0.717) is 18.7 Å². The Labute approximate surface area is 87.4 Å². The molecule has 80 valence electrons. The van der Waals surface area contributed by atoms with Crippen molar-refractivity contribution in [3.8, 4) is 0 Å². The Morgan fingerprint density at radius 2 is 2.53 bits per heavy atom. The van der Waals surface area contributed by atoms with Gasteiger partial charge in [-0.2, -0.15) is 0 Å². The van der Waals surface area contributed by atoms with Crippen molar-refractivity contribution in [1.82, 2.24) is 4.98 Å². The molecule has 0 aliphatic heterocycles. The molecule has 0 bridgehead atoms. The standard InChI is InChI=1S/C10H12N2O3/c1-8(13)15-6-4-9-3-2-5-11-10(9)7-12-14/h2-3,5,7,14H,4,6H2,1H3/b12-7+. The van der Waals surface area contributed by atoms with Crippen LogP contribution in [0.3, 0.4) is 0 Å². The maximum atomic E-state index is 10.5. The number of pyridine rings is 1. The molecule has 1 aromatic rings. The summed E-state index contributed by atoms with van der Waals surface area (Å²) in [5.41, 5.74) is 1.45. The molecular weight excluding hydrogens is 196 g/mol. The first-order chi connectivity index (χ1) is 7.24. The van der Waals surface area contributed by atoms with Crippen LogP contribution in [-0.2, 0) is 16.0 Å². The summed E-state index contributed by atoms with van der Waals surface area (Å²) in [6.45, 7) is 1.66. The molecule has 0 unspecified atom stereocenters. The van der Waals surface area contributed by atoms with Crippen LogP contribution in [0.25, 0.3) is 0 Å². The maximum absolute atomic E-state index is 10.5. The van der Waals surface area contributed by atoms with Crippen molar-refractivity contribution in [1.29, 1.82) is 0 Å². The molecule has 0 spiro atoms. The van der Waals surface area contributed by atoms with E-state index in [9.17, 15) is 4.79 Å². The lowest BCUT2D eigenvalue weighted by atomic mass is 10.1. The molecule has 0 saturated heterocycles. The molecule has 0 atom stereocenters. The molecule has 15 heavy (non-hydrogen) atoms. The van der Waals surface area contributed by atoms with Crippen molar-refractivity contribution >= 4 is 12.2 Å². The second-order valence-electron chi connectivity index (χ2n) is 2.88. The highest BCUT2D eigenvalue weighted by molar-refractivity contribution is 5.78. The first-order valence-electron chi connectivity index (χ1n) is 4.48. The van der Waals surface area contributed by atoms with Crippen molar-refractivity contribution in [2.45, 2.75) is 13.3 Å². The number of ether oxygens (including phenoxy) is 1. The topological polar surface area (TPSA) is 71.8 Å². The van der Waals surface area contributed by atoms with Gasteiger partial charge in [0.05, 0.1) is 18.5 Å². The van der Waals surface area contributed by atoms with E-state index in [4.69, 9.17) is 9.94 Å². The zero-order valence-electron chi connectivity index (χ0n) is 8.38. The third kappa shape index (κ3) is 3.76. The van der Waals surface area contributed by atoms with Gasteiger partial charge in [-0.05, 0) is 11.6 Å². The van der Waals surface area contributed by atoms with Crippen LogP contribution >= 0.6 is 0 Å². The summed E-state index contributed by atoms with van der Waals surface area (Å²) in [6, 6.07) is 3.62. The Bertz CT molecular complexity index is 363. The van der Waals surface area contributed by atoms with Crippen LogP contribution in [0.15, 0.2) is 23.5 Å². The monoisotopic (exact) mass is 208 g/mol. The quantitative estimate of drug-likeness (QED) is 0.346. The van der Waals surface area contributed by atoms with Gasteiger partial charge in [0.1, 0.15) is 0 Å². The zero-order valence-corrected chi connectivity index (χ0v) is 8.38. The van der Waals surface area contributed by atoms with E-state index in [2.05, 4.69) is 10.1 Å². The smallest absolute Gasteiger partial charge is 0.302 e. The highest BCUT2D eigenvalue weighted by atomic mass is 16.5. The fraction of sp³-hybridized carbons (Fsp3) is 0.300. The van der Waals surface area contributed by atoms with Crippen molar-refractivity contribution < 1.29 is 14.7 Å². The maximum Gasteiger partial charge on any atom is 0.302 e. The summed E-state index contributed by atoms with van der Waals surface area (Å²) in [6.07, 6.45) is 3.41. The predicted molar refractivity (Wildman–Crippen MR) is 54.0 cm³/mol. The van der Waals surface area contributed by atoms with Gasteiger partial charge < -0.3 is 9.94 Å². The number of nitrogens with zero attached hydrogens (tertiary/aromatic N) is 2. The molecule has 0 aliphatic rings. The van der Waals surface area contributed by atoms with Crippen LogP contribution in [0.1, 0.15) is 18.2 Å². The number of carbonyl (C=O) groups excluding carboxylic acids is 1. The molecule has 1 N–H and O–H groups in total. The molecule has 5 heteroatoms. The minimum atomic E-state index is -0.309. The van der Waals surface area contributed by atoms with Gasteiger partial charge in [0.15, 0.2) is 0 Å². The molecule has 0 saturated carbocycles. The van der Waals surface area contributed by atoms with E-state index in [-0.39, 0.29) is 5.97 Å². The molecule has 1 rings (SSSR count). The molecule has 0 fully saturated rings. The van der Waals surface area contributed by atoms with Gasteiger partial charge in [0.25, 0.3) is 0 Å². The second-order valence-corrected chi connectivity index (χ2v) is 2.88. The Balaban J connectivity index is 2.63. The molecule has 5 nitrogen and oxygen atoms in total. The summed E-state index contributed by atoms with van der Waals surface area (Å²) in [5, 5.41) is 11.3. The van der Waals surface area contributed by atoms with E-state index < -0.39 is 0 Å². The van der Waals surface area contributed by atoms with Gasteiger partial charge >= 0.3 is 5.97 Å². The SMILES string of the molecule is CC(=O)OCCc1cccnc1/C=N/O. The Morgan fingerprint density at radius 3 is 3.20 bits per heavy atom. The number of oxime groups is 1. The fourth-order valence-corrected chi connectivity index (χ4v) is 1.14. The number of rotatable bonds is 4. The Kier molecular flexibility index (Phi) is 4.28. The number of esters is 1. The minimum Gasteiger partial charge on any atom is -0.466 e. The van der Waals surface area contributed by atoms with Crippen molar-refractivity contribution in [3.05, 3.63) is 29.6 Å². The first-order valence-corrected chi connectivity index (χ1v) is 4.48. The summed E-state index contributed by atoms with van der Waals surface area (Å²) < 4.78 is 4.81. The van der Waals surface area contributed by atoms with E-state index >= 15 is 0 Å². The summed E-state index contributed by atoms with van der Waals surface area (Å²) in [7, 11) is 0. The van der Waals surface area contributed by atoms with Crippen molar-refractivity contribution in [3.63, 3.8) is 0 Å². The summed E-state index contributed by atoms with van der Waals surface area (Å²) in [5.74, 6) is -0.309. The molecule has 0 aliphatic carbocycles. The summed E-state index contributed by atoms with van der Waals surface area (Å²) >= 11 is 0. The van der Waals surface area contributed by atoms with Gasteiger partial charge in [0.2, 0.25) is 0 Å². The van der Waals surface area contributed by atoms with Crippen LogP contribution in [0.4, 0.5) is 0 Å². The molecule has 0 amide bonds. The zero-order chi connectivity index (χ0) is 11.1. The molecule has 0 aromatic carbocycles.